The Labute approximate surface area is 161 Å². The standard InChI is InChI=1S/C20H20N2O4S/c1-12(13-6-7-15-16(10-13)26-9-8-25-15)21-19(23)11-18-20(24)22-14-4-2-3-5-17(14)27-18/h2-7,10,12,18H,8-9,11H2,1H3,(H,21,23)(H,22,24)/t12-,18+/m0/s1. The molecule has 4 rings (SSSR count). The van der Waals surface area contributed by atoms with Crippen molar-refractivity contribution in [1.29, 1.82) is 0 Å². The van der Waals surface area contributed by atoms with Crippen LogP contribution in [0.5, 0.6) is 11.5 Å². The first-order valence-electron chi connectivity index (χ1n) is 8.85. The van der Waals surface area contributed by atoms with Crippen LogP contribution < -0.4 is 20.1 Å². The molecule has 2 atom stereocenters. The summed E-state index contributed by atoms with van der Waals surface area (Å²) in [4.78, 5) is 25.7. The summed E-state index contributed by atoms with van der Waals surface area (Å²) in [5, 5.41) is 5.39. The lowest BCUT2D eigenvalue weighted by molar-refractivity contribution is -0.124. The van der Waals surface area contributed by atoms with Crippen molar-refractivity contribution in [1.82, 2.24) is 5.32 Å². The van der Waals surface area contributed by atoms with Crippen molar-refractivity contribution in [2.75, 3.05) is 18.5 Å². The predicted molar refractivity (Wildman–Crippen MR) is 103 cm³/mol. The van der Waals surface area contributed by atoms with E-state index in [0.717, 1.165) is 21.9 Å². The van der Waals surface area contributed by atoms with Gasteiger partial charge in [0, 0.05) is 11.3 Å². The number of hydrogen-bond donors (Lipinski definition) is 2. The quantitative estimate of drug-likeness (QED) is 0.847. The second kappa shape index (κ2) is 7.52. The molecule has 2 N–H and O–H groups in total. The zero-order valence-corrected chi connectivity index (χ0v) is 15.7. The number of hydrogen-bond acceptors (Lipinski definition) is 5. The molecule has 2 heterocycles. The molecule has 7 heteroatoms. The molecule has 27 heavy (non-hydrogen) atoms. The van der Waals surface area contributed by atoms with Crippen LogP contribution in [-0.4, -0.2) is 30.3 Å². The average Bonchev–Trinajstić information content (AvgIpc) is 2.68. The molecule has 0 fully saturated rings. The second-order valence-electron chi connectivity index (χ2n) is 6.49. The summed E-state index contributed by atoms with van der Waals surface area (Å²) >= 11 is 1.43. The molecule has 0 saturated carbocycles. The number of ether oxygens (including phenoxy) is 2. The van der Waals surface area contributed by atoms with Gasteiger partial charge in [0.05, 0.1) is 17.0 Å². The van der Waals surface area contributed by atoms with Crippen LogP contribution in [0.25, 0.3) is 0 Å². The Hall–Kier alpha value is -2.67. The Balaban J connectivity index is 1.38. The number of fused-ring (bicyclic) bond motifs is 2. The van der Waals surface area contributed by atoms with Crippen LogP contribution in [0, 0.1) is 0 Å². The summed E-state index contributed by atoms with van der Waals surface area (Å²) in [5.74, 6) is 1.11. The third-order valence-electron chi connectivity index (χ3n) is 4.52. The van der Waals surface area contributed by atoms with E-state index in [0.29, 0.717) is 19.0 Å². The Bertz CT molecular complexity index is 886. The first-order valence-corrected chi connectivity index (χ1v) is 9.73. The Morgan fingerprint density at radius 3 is 2.85 bits per heavy atom. The lowest BCUT2D eigenvalue weighted by Gasteiger charge is -2.24. The van der Waals surface area contributed by atoms with Crippen molar-refractivity contribution in [3.05, 3.63) is 48.0 Å². The van der Waals surface area contributed by atoms with Crippen molar-refractivity contribution in [3.8, 4) is 11.5 Å². The topological polar surface area (TPSA) is 76.7 Å². The maximum absolute atomic E-state index is 12.5. The Kier molecular flexibility index (Phi) is 4.94. The minimum Gasteiger partial charge on any atom is -0.486 e. The summed E-state index contributed by atoms with van der Waals surface area (Å²) in [6.45, 7) is 2.97. The molecule has 0 aliphatic carbocycles. The molecule has 2 aliphatic rings. The lowest BCUT2D eigenvalue weighted by Crippen LogP contribution is -2.35. The van der Waals surface area contributed by atoms with Gasteiger partial charge < -0.3 is 20.1 Å². The molecule has 6 nitrogen and oxygen atoms in total. The van der Waals surface area contributed by atoms with E-state index in [9.17, 15) is 9.59 Å². The number of amides is 2. The van der Waals surface area contributed by atoms with Gasteiger partial charge in [-0.1, -0.05) is 18.2 Å². The molecule has 0 bridgehead atoms. The second-order valence-corrected chi connectivity index (χ2v) is 7.73. The number of thioether (sulfide) groups is 1. The number of carbonyl (C=O) groups is 2. The number of anilines is 1. The fourth-order valence-electron chi connectivity index (χ4n) is 3.11. The van der Waals surface area contributed by atoms with E-state index in [1.165, 1.54) is 11.8 Å². The Morgan fingerprint density at radius 1 is 1.22 bits per heavy atom. The van der Waals surface area contributed by atoms with Gasteiger partial charge in [-0.2, -0.15) is 0 Å². The van der Waals surface area contributed by atoms with E-state index >= 15 is 0 Å². The molecule has 0 radical (unpaired) electrons. The van der Waals surface area contributed by atoms with Crippen LogP contribution in [-0.2, 0) is 9.59 Å². The number of benzene rings is 2. The molecule has 2 aromatic rings. The van der Waals surface area contributed by atoms with Crippen molar-refractivity contribution >= 4 is 29.3 Å². The van der Waals surface area contributed by atoms with Crippen molar-refractivity contribution < 1.29 is 19.1 Å². The third-order valence-corrected chi connectivity index (χ3v) is 5.80. The maximum atomic E-state index is 12.5. The lowest BCUT2D eigenvalue weighted by atomic mass is 10.1. The van der Waals surface area contributed by atoms with Crippen LogP contribution in [0.3, 0.4) is 0 Å². The summed E-state index contributed by atoms with van der Waals surface area (Å²) in [6, 6.07) is 13.1. The van der Waals surface area contributed by atoms with Crippen LogP contribution in [0.2, 0.25) is 0 Å². The first kappa shape index (κ1) is 17.7. The number of nitrogens with one attached hydrogen (secondary N) is 2. The van der Waals surface area contributed by atoms with Crippen molar-refractivity contribution in [2.45, 2.75) is 29.5 Å². The summed E-state index contributed by atoms with van der Waals surface area (Å²) in [7, 11) is 0. The maximum Gasteiger partial charge on any atom is 0.238 e. The number of carbonyl (C=O) groups excluding carboxylic acids is 2. The molecule has 2 amide bonds. The molecular formula is C20H20N2O4S. The van der Waals surface area contributed by atoms with E-state index in [-0.39, 0.29) is 24.3 Å². The highest BCUT2D eigenvalue weighted by molar-refractivity contribution is 8.01. The van der Waals surface area contributed by atoms with E-state index in [1.54, 1.807) is 0 Å². The van der Waals surface area contributed by atoms with Crippen LogP contribution >= 0.6 is 11.8 Å². The van der Waals surface area contributed by atoms with Gasteiger partial charge in [0.25, 0.3) is 0 Å². The smallest absolute Gasteiger partial charge is 0.238 e. The highest BCUT2D eigenvalue weighted by Crippen LogP contribution is 2.37. The fourth-order valence-corrected chi connectivity index (χ4v) is 4.22. The molecule has 0 aromatic heterocycles. The van der Waals surface area contributed by atoms with Gasteiger partial charge in [-0.3, -0.25) is 9.59 Å². The van der Waals surface area contributed by atoms with Crippen LogP contribution in [0.4, 0.5) is 5.69 Å². The largest absolute Gasteiger partial charge is 0.486 e. The fraction of sp³-hybridized carbons (Fsp3) is 0.300. The monoisotopic (exact) mass is 384 g/mol. The molecular weight excluding hydrogens is 364 g/mol. The van der Waals surface area contributed by atoms with E-state index in [2.05, 4.69) is 10.6 Å². The van der Waals surface area contributed by atoms with Gasteiger partial charge in [0.2, 0.25) is 11.8 Å². The molecule has 2 aliphatic heterocycles. The summed E-state index contributed by atoms with van der Waals surface area (Å²) in [6.07, 6.45) is 0.125. The highest BCUT2D eigenvalue weighted by atomic mass is 32.2. The average molecular weight is 384 g/mol. The number of rotatable bonds is 4. The zero-order chi connectivity index (χ0) is 18.8. The molecule has 0 saturated heterocycles. The van der Waals surface area contributed by atoms with Gasteiger partial charge in [-0.15, -0.1) is 11.8 Å². The highest BCUT2D eigenvalue weighted by Gasteiger charge is 2.29. The molecule has 2 aromatic carbocycles. The Morgan fingerprint density at radius 2 is 2.00 bits per heavy atom. The minimum absolute atomic E-state index is 0.125. The molecule has 140 valence electrons. The normalized spacial score (nSPS) is 18.9. The van der Waals surface area contributed by atoms with Gasteiger partial charge in [0.15, 0.2) is 11.5 Å². The van der Waals surface area contributed by atoms with Crippen LogP contribution in [0.1, 0.15) is 24.9 Å². The SMILES string of the molecule is C[C@H](NC(=O)C[C@H]1Sc2ccccc2NC1=O)c1ccc2c(c1)OCCO2. The van der Waals surface area contributed by atoms with Gasteiger partial charge >= 0.3 is 0 Å². The summed E-state index contributed by atoms with van der Waals surface area (Å²) < 4.78 is 11.1. The molecule has 0 spiro atoms. The van der Waals surface area contributed by atoms with E-state index in [1.807, 2.05) is 49.4 Å². The third kappa shape index (κ3) is 3.88. The van der Waals surface area contributed by atoms with Gasteiger partial charge in [-0.05, 0) is 36.8 Å². The van der Waals surface area contributed by atoms with Gasteiger partial charge in [0.1, 0.15) is 13.2 Å². The van der Waals surface area contributed by atoms with Crippen molar-refractivity contribution in [3.63, 3.8) is 0 Å². The predicted octanol–water partition coefficient (Wildman–Crippen LogP) is 3.14. The van der Waals surface area contributed by atoms with E-state index < -0.39 is 5.25 Å². The van der Waals surface area contributed by atoms with Gasteiger partial charge in [-0.25, -0.2) is 0 Å². The number of para-hydroxylation sites is 1. The first-order chi connectivity index (χ1) is 13.1. The van der Waals surface area contributed by atoms with Crippen LogP contribution in [0.15, 0.2) is 47.4 Å². The summed E-state index contributed by atoms with van der Waals surface area (Å²) in [5.41, 5.74) is 1.73. The minimum atomic E-state index is -0.438. The van der Waals surface area contributed by atoms with E-state index in [4.69, 9.17) is 9.47 Å². The molecule has 0 unspecified atom stereocenters. The van der Waals surface area contributed by atoms with Crippen molar-refractivity contribution in [2.24, 2.45) is 0 Å². The zero-order valence-electron chi connectivity index (χ0n) is 14.9.